The molecule has 0 spiro atoms. The number of hydrogen-bond acceptors (Lipinski definition) is 0. The summed E-state index contributed by atoms with van der Waals surface area (Å²) in [4.78, 5) is 0. The molecule has 0 N–H and O–H groups in total. The Kier molecular flexibility index (Phi) is 6010. The molecule has 0 rings (SSSR count). The average Bonchev–Trinajstić information content (AvgIpc) is 2.33. The van der Waals surface area contributed by atoms with E-state index in [1.165, 1.54) is 0 Å². The molecule has 0 atom stereocenters. The van der Waals surface area contributed by atoms with E-state index < -0.39 is 0 Å². The summed E-state index contributed by atoms with van der Waals surface area (Å²) in [5, 5.41) is 0. The van der Waals surface area contributed by atoms with E-state index >= 15 is 0 Å². The Morgan fingerprint density at radius 2 is 0.308 bits per heavy atom. The molecule has 0 aliphatic heterocycles. The fraction of sp³-hybridized carbons (Fsp3) is 0. The van der Waals surface area contributed by atoms with Gasteiger partial charge in [-0.2, -0.15) is 0 Å². The van der Waals surface area contributed by atoms with Gasteiger partial charge in [-0.1, -0.05) is 0 Å². The first-order chi connectivity index (χ1) is 6.00. The Morgan fingerprint density at radius 3 is 0.308 bits per heavy atom. The van der Waals surface area contributed by atoms with Crippen LogP contribution in [0.2, 0.25) is 0 Å². The van der Waals surface area contributed by atoms with Crippen molar-refractivity contribution in [1.29, 1.82) is 0 Å². The summed E-state index contributed by atoms with van der Waals surface area (Å²) in [5.74, 6) is 0. The van der Waals surface area contributed by atoms with Crippen molar-refractivity contribution in [1.82, 2.24) is 0 Å². The van der Waals surface area contributed by atoms with E-state index in [1.807, 2.05) is 0 Å². The Bertz CT molecular complexity index is 92.1. The van der Waals surface area contributed by atoms with Crippen molar-refractivity contribution in [2.45, 2.75) is 0 Å². The van der Waals surface area contributed by atoms with Gasteiger partial charge in [0.15, 0.2) is 0 Å². The molecule has 0 aromatic carbocycles. The van der Waals surface area contributed by atoms with Crippen LogP contribution in [0.5, 0.6) is 0 Å². The Morgan fingerprint density at radius 1 is 0.308 bits per heavy atom. The second kappa shape index (κ2) is 1360. The zero-order valence-electron chi connectivity index (χ0n) is 5.83. The summed E-state index contributed by atoms with van der Waals surface area (Å²) >= 11 is 0. The van der Waals surface area contributed by atoms with Gasteiger partial charge in [-0.15, -0.1) is 0 Å². The van der Waals surface area contributed by atoms with Crippen molar-refractivity contribution in [2.75, 3.05) is 0 Å². The van der Waals surface area contributed by atoms with Crippen LogP contribution in [0.25, 0.3) is 0 Å². The van der Waals surface area contributed by atoms with Gasteiger partial charge in [-0.3, -0.25) is 0 Å². The van der Waals surface area contributed by atoms with Crippen molar-refractivity contribution in [3.05, 3.63) is 39.9 Å². The van der Waals surface area contributed by atoms with Gasteiger partial charge < -0.3 is 0 Å². The van der Waals surface area contributed by atoms with E-state index in [4.69, 9.17) is 27.9 Å². The molecule has 67 valence electrons. The first-order valence-corrected chi connectivity index (χ1v) is 1.22. The zero-order valence-corrected chi connectivity index (χ0v) is 7.69. The molecule has 13 heavy (non-hydrogen) atoms. The molecule has 0 aliphatic rings. The molecule has 0 aliphatic carbocycles. The SMILES string of the molecule is [13C-]#[O+].[13C-]#[O+].[13C-]#[O+].[13C-]#[O+].[13C-]#[O+].[99Tc].[C-]#[O+]. The van der Waals surface area contributed by atoms with E-state index in [2.05, 4.69) is 39.9 Å². The molecular weight excluding hydrogens is 272 g/mol. The standard InChI is InChI=1S/6CO.Tc/c6*1-2;/i5*1+1;;1+1. The molecular formula is C6O6Tc. The van der Waals surface area contributed by atoms with Gasteiger partial charge in [0.05, 0.1) is 0 Å². The van der Waals surface area contributed by atoms with Gasteiger partial charge in [0, 0.05) is 20.1 Å². The molecule has 7 heteroatoms. The third kappa shape index (κ3) is 1100. The topological polar surface area (TPSA) is 119 Å². The molecule has 0 saturated heterocycles. The van der Waals surface area contributed by atoms with Gasteiger partial charge in [0.1, 0.15) is 0 Å². The maximum atomic E-state index is 7.50. The first kappa shape index (κ1) is 57.4. The second-order valence-corrected chi connectivity index (χ2v) is 0. The number of hydrogen-bond donors (Lipinski definition) is 0. The average molecular weight is 272 g/mol. The Balaban J connectivity index is -0.00000000655. The van der Waals surface area contributed by atoms with Crippen LogP contribution in [0, 0.1) is 39.9 Å². The van der Waals surface area contributed by atoms with E-state index in [9.17, 15) is 0 Å². The van der Waals surface area contributed by atoms with Gasteiger partial charge in [0.2, 0.25) is 0 Å². The first-order valence-electron chi connectivity index (χ1n) is 1.22. The van der Waals surface area contributed by atoms with Gasteiger partial charge >= 0.3 is 67.8 Å². The van der Waals surface area contributed by atoms with Gasteiger partial charge in [-0.05, 0) is 0 Å². The fourth-order valence-corrected chi connectivity index (χ4v) is 0. The quantitative estimate of drug-likeness (QED) is 0.329. The maximum absolute atomic E-state index is 7.50. The van der Waals surface area contributed by atoms with Crippen LogP contribution in [0.3, 0.4) is 0 Å². The van der Waals surface area contributed by atoms with Crippen LogP contribution in [0.15, 0.2) is 0 Å². The summed E-state index contributed by atoms with van der Waals surface area (Å²) in [6, 6.07) is 0. The van der Waals surface area contributed by atoms with E-state index in [-0.39, 0.29) is 20.1 Å². The van der Waals surface area contributed by atoms with Crippen LogP contribution < -0.4 is 0 Å². The Hall–Kier alpha value is -0.911. The molecule has 6 nitrogen and oxygen atoms in total. The Labute approximate surface area is 88.4 Å². The van der Waals surface area contributed by atoms with Crippen LogP contribution in [-0.4, -0.2) is 0 Å². The van der Waals surface area contributed by atoms with E-state index in [0.717, 1.165) is 0 Å². The minimum absolute atomic E-state index is 0. The molecule has 1 radical (unpaired) electrons. The van der Waals surface area contributed by atoms with E-state index in [1.54, 1.807) is 0 Å². The third-order valence-corrected chi connectivity index (χ3v) is 0. The van der Waals surface area contributed by atoms with E-state index in [0.29, 0.717) is 0 Å². The van der Waals surface area contributed by atoms with Gasteiger partial charge in [-0.25, -0.2) is 0 Å². The normalized spacial score (nSPS) is 0.923. The van der Waals surface area contributed by atoms with Crippen molar-refractivity contribution < 1.29 is 48.0 Å². The van der Waals surface area contributed by atoms with Crippen molar-refractivity contribution >= 4 is 0 Å². The predicted octanol–water partition coefficient (Wildman–Crippen LogP) is -0.228. The van der Waals surface area contributed by atoms with Crippen LogP contribution in [-0.2, 0) is 48.0 Å². The molecule has 0 bridgehead atoms. The molecule has 0 amide bonds. The zero-order chi connectivity index (χ0) is 12.0. The molecule has 0 heterocycles. The van der Waals surface area contributed by atoms with Gasteiger partial charge in [0.25, 0.3) is 0 Å². The predicted molar refractivity (Wildman–Crippen MR) is 23.6 cm³/mol. The van der Waals surface area contributed by atoms with Crippen LogP contribution in [0.4, 0.5) is 0 Å². The molecule has 0 aromatic heterocycles. The fourth-order valence-electron chi connectivity index (χ4n) is 0. The molecule has 0 unspecified atom stereocenters. The second-order valence-electron chi connectivity index (χ2n) is 0. The summed E-state index contributed by atoms with van der Waals surface area (Å²) in [6.45, 7) is 27.0. The molecule has 0 aromatic rings. The number of rotatable bonds is 0. The van der Waals surface area contributed by atoms with Crippen molar-refractivity contribution in [2.24, 2.45) is 0 Å². The third-order valence-electron chi connectivity index (χ3n) is 0. The summed E-state index contributed by atoms with van der Waals surface area (Å²) in [7, 11) is 0. The molecule has 0 saturated carbocycles. The summed E-state index contributed by atoms with van der Waals surface area (Å²) in [5.41, 5.74) is 0. The van der Waals surface area contributed by atoms with Crippen LogP contribution in [0.1, 0.15) is 0 Å². The molecule has 0 fully saturated rings. The monoisotopic (exact) mass is 272 g/mol. The summed E-state index contributed by atoms with van der Waals surface area (Å²) < 4.78 is 45.0. The van der Waals surface area contributed by atoms with Crippen LogP contribution >= 0.6 is 0 Å². The van der Waals surface area contributed by atoms with Crippen molar-refractivity contribution in [3.63, 3.8) is 0 Å². The summed E-state index contributed by atoms with van der Waals surface area (Å²) in [6.07, 6.45) is 0. The minimum atomic E-state index is 0. The van der Waals surface area contributed by atoms with Crippen molar-refractivity contribution in [3.8, 4) is 0 Å².